The summed E-state index contributed by atoms with van der Waals surface area (Å²) in [5.74, 6) is 1.14. The lowest BCUT2D eigenvalue weighted by Crippen LogP contribution is -2.38. The van der Waals surface area contributed by atoms with E-state index < -0.39 is 5.41 Å². The molecule has 0 aliphatic heterocycles. The third-order valence-electron chi connectivity index (χ3n) is 10.6. The molecule has 0 radical (unpaired) electrons. The Morgan fingerprint density at radius 2 is 0.816 bits per heavy atom. The lowest BCUT2D eigenvalue weighted by molar-refractivity contribution is 0.249. The lowest BCUT2D eigenvalue weighted by Gasteiger charge is -2.43. The quantitative estimate of drug-likeness (QED) is 0.153. The van der Waals surface area contributed by atoms with Gasteiger partial charge in [-0.05, 0) is 111 Å². The van der Waals surface area contributed by atoms with Gasteiger partial charge in [-0.3, -0.25) is 0 Å². The molecule has 0 heterocycles. The summed E-state index contributed by atoms with van der Waals surface area (Å²) >= 11 is 0. The molecule has 4 heteroatoms. The fraction of sp³-hybridized carbons (Fsp3) is 0.200. The van der Waals surface area contributed by atoms with Gasteiger partial charge in [0.1, 0.15) is 23.0 Å². The summed E-state index contributed by atoms with van der Waals surface area (Å²) in [6, 6.07) is 43.6. The fourth-order valence-corrected chi connectivity index (χ4v) is 7.42. The Kier molecular flexibility index (Phi) is 8.54. The van der Waals surface area contributed by atoms with Crippen LogP contribution in [0.25, 0.3) is 11.1 Å². The Labute approximate surface area is 289 Å². The highest BCUT2D eigenvalue weighted by Crippen LogP contribution is 2.56. The van der Waals surface area contributed by atoms with E-state index in [1.165, 1.54) is 22.3 Å². The van der Waals surface area contributed by atoms with E-state index in [1.54, 1.807) is 36.4 Å². The number of phenols is 4. The number of aromatic hydroxyl groups is 4. The van der Waals surface area contributed by atoms with Gasteiger partial charge in [0.25, 0.3) is 0 Å². The molecule has 4 nitrogen and oxygen atoms in total. The van der Waals surface area contributed by atoms with Crippen LogP contribution in [0.15, 0.2) is 133 Å². The van der Waals surface area contributed by atoms with Gasteiger partial charge < -0.3 is 20.4 Å². The first-order chi connectivity index (χ1) is 23.3. The second-order valence-corrected chi connectivity index (χ2v) is 14.3. The topological polar surface area (TPSA) is 80.9 Å². The number of rotatable bonds is 4. The largest absolute Gasteiger partial charge is 0.508 e. The third kappa shape index (κ3) is 5.61. The van der Waals surface area contributed by atoms with Gasteiger partial charge in [0.15, 0.2) is 0 Å². The van der Waals surface area contributed by atoms with Crippen LogP contribution in [0.1, 0.15) is 72.2 Å². The van der Waals surface area contributed by atoms with Crippen molar-refractivity contribution in [2.24, 2.45) is 5.41 Å². The molecule has 7 rings (SSSR count). The molecule has 49 heavy (non-hydrogen) atoms. The maximum atomic E-state index is 10.2. The first-order valence-corrected chi connectivity index (χ1v) is 16.7. The minimum atomic E-state index is -0.510. The van der Waals surface area contributed by atoms with E-state index in [4.69, 9.17) is 0 Å². The molecule has 0 saturated carbocycles. The van der Waals surface area contributed by atoms with Crippen LogP contribution in [-0.2, 0) is 10.8 Å². The lowest BCUT2D eigenvalue weighted by atomic mass is 9.60. The molecule has 0 atom stereocenters. The Hall–Kier alpha value is -5.48. The Bertz CT molecular complexity index is 1970. The zero-order valence-electron chi connectivity index (χ0n) is 29.0. The average Bonchev–Trinajstić information content (AvgIpc) is 3.38. The van der Waals surface area contributed by atoms with Crippen LogP contribution >= 0.6 is 0 Å². The minimum Gasteiger partial charge on any atom is -0.508 e. The standard InChI is InChI=1S/C27H22O2.C18H22O2/c1-17-15-19(11-13-25(17)28)27(20-12-14-26(29)18(2)16-20)23-9-5-3-7-21(23)22-8-4-6-10-24(22)27;1-17(2,3)18(4,13-5-9-15(19)10-6-13)14-7-11-16(20)12-8-14/h3-16,28-29H,1-2H3;5-12,19-20H,1-4H3. The molecule has 0 aromatic heterocycles. The molecule has 1 aliphatic carbocycles. The molecule has 248 valence electrons. The minimum absolute atomic E-state index is 0.0130. The van der Waals surface area contributed by atoms with Crippen molar-refractivity contribution < 1.29 is 20.4 Å². The molecule has 6 aromatic carbocycles. The molecule has 4 N–H and O–H groups in total. The molecular weight excluding hydrogens is 604 g/mol. The van der Waals surface area contributed by atoms with Crippen LogP contribution in [-0.4, -0.2) is 20.4 Å². The van der Waals surface area contributed by atoms with Crippen LogP contribution in [0.4, 0.5) is 0 Å². The molecule has 1 aliphatic rings. The zero-order valence-corrected chi connectivity index (χ0v) is 29.0. The first kappa shape index (κ1) is 33.4. The van der Waals surface area contributed by atoms with Crippen molar-refractivity contribution >= 4 is 0 Å². The highest BCUT2D eigenvalue weighted by molar-refractivity contribution is 5.86. The number of fused-ring (bicyclic) bond motifs is 3. The predicted octanol–water partition coefficient (Wildman–Crippen LogP) is 10.5. The van der Waals surface area contributed by atoms with Gasteiger partial charge in [-0.2, -0.15) is 0 Å². The monoisotopic (exact) mass is 648 g/mol. The molecule has 0 amide bonds. The molecule has 0 bridgehead atoms. The van der Waals surface area contributed by atoms with Crippen molar-refractivity contribution in [1.29, 1.82) is 0 Å². The van der Waals surface area contributed by atoms with E-state index in [1.807, 2.05) is 50.2 Å². The Morgan fingerprint density at radius 3 is 1.16 bits per heavy atom. The van der Waals surface area contributed by atoms with Gasteiger partial charge >= 0.3 is 0 Å². The molecule has 0 saturated heterocycles. The summed E-state index contributed by atoms with van der Waals surface area (Å²) in [5, 5.41) is 39.4. The summed E-state index contributed by atoms with van der Waals surface area (Å²) < 4.78 is 0. The molecule has 6 aromatic rings. The number of hydrogen-bond donors (Lipinski definition) is 4. The Balaban J connectivity index is 0.000000183. The zero-order chi connectivity index (χ0) is 35.1. The van der Waals surface area contributed by atoms with Gasteiger partial charge in [0, 0.05) is 5.41 Å². The average molecular weight is 649 g/mol. The molecule has 0 spiro atoms. The number of aryl methyl sites for hydroxylation is 2. The summed E-state index contributed by atoms with van der Waals surface area (Å²) in [6.07, 6.45) is 0. The first-order valence-electron chi connectivity index (χ1n) is 16.7. The SMILES string of the molecule is CC(C)(C)C(C)(c1ccc(O)cc1)c1ccc(O)cc1.Cc1cc(C2(c3ccc(O)c(C)c3)c3ccccc3-c3ccccc32)ccc1O. The van der Waals surface area contributed by atoms with Crippen LogP contribution in [0, 0.1) is 19.3 Å². The van der Waals surface area contributed by atoms with E-state index in [0.29, 0.717) is 11.5 Å². The molecular formula is C45H44O4. The number of benzene rings is 6. The molecule has 0 fully saturated rings. The van der Waals surface area contributed by atoms with Crippen molar-refractivity contribution in [3.63, 3.8) is 0 Å². The third-order valence-corrected chi connectivity index (χ3v) is 10.6. The van der Waals surface area contributed by atoms with Crippen LogP contribution < -0.4 is 0 Å². The smallest absolute Gasteiger partial charge is 0.118 e. The normalized spacial score (nSPS) is 13.2. The Morgan fingerprint density at radius 1 is 0.449 bits per heavy atom. The predicted molar refractivity (Wildman–Crippen MR) is 199 cm³/mol. The second kappa shape index (κ2) is 12.5. The summed E-state index contributed by atoms with van der Waals surface area (Å²) in [6.45, 7) is 12.7. The maximum Gasteiger partial charge on any atom is 0.118 e. The van der Waals surface area contributed by atoms with Gasteiger partial charge in [-0.15, -0.1) is 0 Å². The van der Waals surface area contributed by atoms with Crippen LogP contribution in [0.2, 0.25) is 0 Å². The second-order valence-electron chi connectivity index (χ2n) is 14.3. The molecule has 0 unspecified atom stereocenters. The van der Waals surface area contributed by atoms with Crippen molar-refractivity contribution in [2.75, 3.05) is 0 Å². The van der Waals surface area contributed by atoms with Crippen molar-refractivity contribution in [3.05, 3.63) is 178 Å². The van der Waals surface area contributed by atoms with E-state index in [0.717, 1.165) is 33.4 Å². The van der Waals surface area contributed by atoms with Gasteiger partial charge in [0.2, 0.25) is 0 Å². The van der Waals surface area contributed by atoms with Gasteiger partial charge in [-0.25, -0.2) is 0 Å². The summed E-state index contributed by atoms with van der Waals surface area (Å²) in [4.78, 5) is 0. The summed E-state index contributed by atoms with van der Waals surface area (Å²) in [7, 11) is 0. The highest BCUT2D eigenvalue weighted by Gasteiger charge is 2.46. The number of phenolic OH excluding ortho intramolecular Hbond substituents is 4. The van der Waals surface area contributed by atoms with E-state index in [9.17, 15) is 20.4 Å². The van der Waals surface area contributed by atoms with E-state index >= 15 is 0 Å². The van der Waals surface area contributed by atoms with Crippen LogP contribution in [0.5, 0.6) is 23.0 Å². The maximum absolute atomic E-state index is 10.2. The van der Waals surface area contributed by atoms with E-state index in [-0.39, 0.29) is 22.3 Å². The van der Waals surface area contributed by atoms with Gasteiger partial charge in [-0.1, -0.05) is 125 Å². The van der Waals surface area contributed by atoms with Crippen molar-refractivity contribution in [2.45, 2.75) is 52.4 Å². The van der Waals surface area contributed by atoms with Crippen LogP contribution in [0.3, 0.4) is 0 Å². The van der Waals surface area contributed by atoms with Gasteiger partial charge in [0.05, 0.1) is 5.41 Å². The summed E-state index contributed by atoms with van der Waals surface area (Å²) in [5.41, 5.74) is 10.3. The highest BCUT2D eigenvalue weighted by atomic mass is 16.3. The number of hydrogen-bond acceptors (Lipinski definition) is 4. The van der Waals surface area contributed by atoms with E-state index in [2.05, 4.69) is 88.4 Å². The van der Waals surface area contributed by atoms with Crippen molar-refractivity contribution in [3.8, 4) is 34.1 Å². The fourth-order valence-electron chi connectivity index (χ4n) is 7.42. The van der Waals surface area contributed by atoms with Crippen molar-refractivity contribution in [1.82, 2.24) is 0 Å².